The van der Waals surface area contributed by atoms with Gasteiger partial charge in [0.05, 0.1) is 5.69 Å². The van der Waals surface area contributed by atoms with Crippen LogP contribution in [0.15, 0.2) is 34.9 Å². The van der Waals surface area contributed by atoms with Gasteiger partial charge in [-0.25, -0.2) is 4.98 Å². The van der Waals surface area contributed by atoms with E-state index in [1.165, 1.54) is 6.42 Å². The smallest absolute Gasteiger partial charge is 0.226 e. The number of nitrogens with zero attached hydrogens (tertiary/aromatic N) is 2. The molecule has 1 unspecified atom stereocenters. The minimum atomic E-state index is 0.603. The standard InChI is InChI=1S/C17H22ClN3O/c1-2-8-21(16-6-7-19-10-16)11-15-12-22-17(20-15)13-4-3-5-14(18)9-13/h3-5,9,12,16,19H,2,6-8,10-11H2,1H3. The molecule has 1 N–H and O–H groups in total. The highest BCUT2D eigenvalue weighted by Gasteiger charge is 2.22. The summed E-state index contributed by atoms with van der Waals surface area (Å²) in [6.45, 7) is 6.32. The minimum absolute atomic E-state index is 0.603. The molecule has 1 aromatic heterocycles. The Morgan fingerprint density at radius 2 is 2.36 bits per heavy atom. The molecular weight excluding hydrogens is 298 g/mol. The second-order valence-corrected chi connectivity index (χ2v) is 6.21. The van der Waals surface area contributed by atoms with Crippen LogP contribution in [-0.2, 0) is 6.54 Å². The van der Waals surface area contributed by atoms with Crippen LogP contribution in [0.1, 0.15) is 25.5 Å². The van der Waals surface area contributed by atoms with Crippen molar-refractivity contribution in [2.75, 3.05) is 19.6 Å². The zero-order valence-electron chi connectivity index (χ0n) is 12.9. The van der Waals surface area contributed by atoms with Crippen LogP contribution in [0.2, 0.25) is 5.02 Å². The van der Waals surface area contributed by atoms with Crippen molar-refractivity contribution in [2.45, 2.75) is 32.4 Å². The summed E-state index contributed by atoms with van der Waals surface area (Å²) < 4.78 is 5.64. The number of oxazole rings is 1. The summed E-state index contributed by atoms with van der Waals surface area (Å²) in [6, 6.07) is 8.21. The molecule has 1 saturated heterocycles. The lowest BCUT2D eigenvalue weighted by Gasteiger charge is -2.26. The van der Waals surface area contributed by atoms with Crippen LogP contribution in [0.5, 0.6) is 0 Å². The highest BCUT2D eigenvalue weighted by molar-refractivity contribution is 6.30. The molecule has 0 spiro atoms. The average molecular weight is 320 g/mol. The van der Waals surface area contributed by atoms with Crippen LogP contribution < -0.4 is 5.32 Å². The molecule has 2 aromatic rings. The normalized spacial score (nSPS) is 18.2. The molecule has 0 radical (unpaired) electrons. The van der Waals surface area contributed by atoms with Crippen LogP contribution in [-0.4, -0.2) is 35.6 Å². The topological polar surface area (TPSA) is 41.3 Å². The van der Waals surface area contributed by atoms with E-state index in [9.17, 15) is 0 Å². The molecule has 3 rings (SSSR count). The first kappa shape index (κ1) is 15.5. The first-order valence-electron chi connectivity index (χ1n) is 7.91. The van der Waals surface area contributed by atoms with Crippen LogP contribution in [0, 0.1) is 0 Å². The minimum Gasteiger partial charge on any atom is -0.444 e. The first-order chi connectivity index (χ1) is 10.8. The predicted octanol–water partition coefficient (Wildman–Crippen LogP) is 3.57. The van der Waals surface area contributed by atoms with Crippen LogP contribution in [0.4, 0.5) is 0 Å². The van der Waals surface area contributed by atoms with Crippen molar-refractivity contribution in [2.24, 2.45) is 0 Å². The molecular formula is C17H22ClN3O. The van der Waals surface area contributed by atoms with Crippen molar-refractivity contribution in [1.82, 2.24) is 15.2 Å². The fraction of sp³-hybridized carbons (Fsp3) is 0.471. The van der Waals surface area contributed by atoms with E-state index in [0.717, 1.165) is 43.9 Å². The maximum absolute atomic E-state index is 6.03. The van der Waals surface area contributed by atoms with Crippen LogP contribution in [0.25, 0.3) is 11.5 Å². The third kappa shape index (κ3) is 3.69. The van der Waals surface area contributed by atoms with Crippen LogP contribution >= 0.6 is 11.6 Å². The summed E-state index contributed by atoms with van der Waals surface area (Å²) >= 11 is 6.03. The van der Waals surface area contributed by atoms with Crippen molar-refractivity contribution in [1.29, 1.82) is 0 Å². The van der Waals surface area contributed by atoms with E-state index in [-0.39, 0.29) is 0 Å². The average Bonchev–Trinajstić information content (AvgIpc) is 3.18. The van der Waals surface area contributed by atoms with E-state index in [2.05, 4.69) is 22.1 Å². The van der Waals surface area contributed by atoms with E-state index >= 15 is 0 Å². The number of hydrogen-bond donors (Lipinski definition) is 1. The molecule has 1 aliphatic heterocycles. The van der Waals surface area contributed by atoms with Crippen molar-refractivity contribution in [3.05, 3.63) is 41.2 Å². The first-order valence-corrected chi connectivity index (χ1v) is 8.29. The Hall–Kier alpha value is -1.36. The lowest BCUT2D eigenvalue weighted by Crippen LogP contribution is -2.37. The van der Waals surface area contributed by atoms with E-state index in [4.69, 9.17) is 16.0 Å². The molecule has 5 heteroatoms. The molecule has 1 aromatic carbocycles. The molecule has 118 valence electrons. The van der Waals surface area contributed by atoms with Gasteiger partial charge in [-0.05, 0) is 44.1 Å². The third-order valence-electron chi connectivity index (χ3n) is 4.05. The second kappa shape index (κ2) is 7.27. The van der Waals surface area contributed by atoms with E-state index in [0.29, 0.717) is 17.0 Å². The SMILES string of the molecule is CCCN(Cc1coc(-c2cccc(Cl)c2)n1)C1CCNC1. The summed E-state index contributed by atoms with van der Waals surface area (Å²) in [5.74, 6) is 0.637. The summed E-state index contributed by atoms with van der Waals surface area (Å²) in [7, 11) is 0. The van der Waals surface area contributed by atoms with Crippen molar-refractivity contribution in [3.63, 3.8) is 0 Å². The van der Waals surface area contributed by atoms with Gasteiger partial charge in [-0.3, -0.25) is 4.90 Å². The molecule has 0 amide bonds. The molecule has 22 heavy (non-hydrogen) atoms. The third-order valence-corrected chi connectivity index (χ3v) is 4.29. The van der Waals surface area contributed by atoms with Crippen molar-refractivity contribution >= 4 is 11.6 Å². The van der Waals surface area contributed by atoms with Gasteiger partial charge in [-0.15, -0.1) is 0 Å². The van der Waals surface area contributed by atoms with Crippen molar-refractivity contribution < 1.29 is 4.42 Å². The Morgan fingerprint density at radius 1 is 1.45 bits per heavy atom. The molecule has 1 fully saturated rings. The lowest BCUT2D eigenvalue weighted by molar-refractivity contribution is 0.197. The Morgan fingerprint density at radius 3 is 3.09 bits per heavy atom. The fourth-order valence-electron chi connectivity index (χ4n) is 2.97. The molecule has 4 nitrogen and oxygen atoms in total. The Balaban J connectivity index is 1.72. The van der Waals surface area contributed by atoms with Crippen LogP contribution in [0.3, 0.4) is 0 Å². The molecule has 0 saturated carbocycles. The van der Waals surface area contributed by atoms with E-state index in [1.807, 2.05) is 24.3 Å². The van der Waals surface area contributed by atoms with Gasteiger partial charge in [0.2, 0.25) is 5.89 Å². The number of benzene rings is 1. The monoisotopic (exact) mass is 319 g/mol. The van der Waals surface area contributed by atoms with Gasteiger partial charge in [0, 0.05) is 29.7 Å². The Kier molecular flexibility index (Phi) is 5.13. The summed E-state index contributed by atoms with van der Waals surface area (Å²) in [5, 5.41) is 4.13. The number of hydrogen-bond acceptors (Lipinski definition) is 4. The predicted molar refractivity (Wildman–Crippen MR) is 88.9 cm³/mol. The number of rotatable bonds is 6. The summed E-state index contributed by atoms with van der Waals surface area (Å²) in [5.41, 5.74) is 1.90. The van der Waals surface area contributed by atoms with Crippen molar-refractivity contribution in [3.8, 4) is 11.5 Å². The van der Waals surface area contributed by atoms with E-state index < -0.39 is 0 Å². The number of nitrogens with one attached hydrogen (secondary N) is 1. The number of aromatic nitrogens is 1. The maximum Gasteiger partial charge on any atom is 0.226 e. The number of halogens is 1. The second-order valence-electron chi connectivity index (χ2n) is 5.77. The molecule has 1 aliphatic rings. The Bertz CT molecular complexity index is 607. The van der Waals surface area contributed by atoms with E-state index in [1.54, 1.807) is 6.26 Å². The van der Waals surface area contributed by atoms with Gasteiger partial charge in [0.1, 0.15) is 6.26 Å². The lowest BCUT2D eigenvalue weighted by atomic mass is 10.2. The highest BCUT2D eigenvalue weighted by Crippen LogP contribution is 2.23. The molecule has 0 bridgehead atoms. The Labute approximate surface area is 136 Å². The maximum atomic E-state index is 6.03. The molecule has 2 heterocycles. The summed E-state index contributed by atoms with van der Waals surface area (Å²) in [6.07, 6.45) is 4.12. The van der Waals surface area contributed by atoms with Gasteiger partial charge >= 0.3 is 0 Å². The van der Waals surface area contributed by atoms with Gasteiger partial charge in [-0.1, -0.05) is 24.6 Å². The zero-order chi connectivity index (χ0) is 15.4. The molecule has 0 aliphatic carbocycles. The molecule has 1 atom stereocenters. The fourth-order valence-corrected chi connectivity index (χ4v) is 3.16. The highest BCUT2D eigenvalue weighted by atomic mass is 35.5. The van der Waals surface area contributed by atoms with Gasteiger partial charge in [0.15, 0.2) is 0 Å². The quantitative estimate of drug-likeness (QED) is 0.883. The van der Waals surface area contributed by atoms with Gasteiger partial charge in [-0.2, -0.15) is 0 Å². The largest absolute Gasteiger partial charge is 0.444 e. The van der Waals surface area contributed by atoms with Gasteiger partial charge < -0.3 is 9.73 Å². The zero-order valence-corrected chi connectivity index (χ0v) is 13.6. The summed E-state index contributed by atoms with van der Waals surface area (Å²) in [4.78, 5) is 7.13. The van der Waals surface area contributed by atoms with Gasteiger partial charge in [0.25, 0.3) is 0 Å².